The lowest BCUT2D eigenvalue weighted by Crippen LogP contribution is -2.44. The zero-order valence-electron chi connectivity index (χ0n) is 9.50. The van der Waals surface area contributed by atoms with Gasteiger partial charge in [-0.1, -0.05) is 18.2 Å². The molecule has 0 fully saturated rings. The van der Waals surface area contributed by atoms with E-state index in [1.165, 1.54) is 18.2 Å². The molecule has 0 bridgehead atoms. The summed E-state index contributed by atoms with van der Waals surface area (Å²) in [5, 5.41) is 9.09. The molecule has 0 aliphatic carbocycles. The predicted molar refractivity (Wildman–Crippen MR) is 63.2 cm³/mol. The topological polar surface area (TPSA) is 74.7 Å². The molecule has 1 heterocycles. The van der Waals surface area contributed by atoms with Crippen LogP contribution >= 0.6 is 0 Å². The van der Waals surface area contributed by atoms with Gasteiger partial charge in [0.15, 0.2) is 0 Å². The molecule has 1 aromatic rings. The number of carboxylic acid groups (broad SMARTS) is 1. The Morgan fingerprint density at radius 1 is 1.28 bits per heavy atom. The van der Waals surface area contributed by atoms with Crippen molar-refractivity contribution in [3.8, 4) is 0 Å². The highest BCUT2D eigenvalue weighted by Crippen LogP contribution is 2.25. The van der Waals surface area contributed by atoms with Gasteiger partial charge in [0.1, 0.15) is 6.04 Å². The number of fused-ring (bicyclic) bond motifs is 1. The number of nitrogens with zero attached hydrogens (tertiary/aromatic N) is 1. The van der Waals surface area contributed by atoms with E-state index in [-0.39, 0.29) is 17.5 Å². The number of rotatable bonds is 4. The summed E-state index contributed by atoms with van der Waals surface area (Å²) in [4.78, 5) is 36.0. The van der Waals surface area contributed by atoms with Crippen molar-refractivity contribution < 1.29 is 19.5 Å². The predicted octanol–water partition coefficient (Wildman–Crippen LogP) is 1.31. The van der Waals surface area contributed by atoms with Gasteiger partial charge in [0.05, 0.1) is 11.1 Å². The Balaban J connectivity index is 2.44. The molecule has 18 heavy (non-hydrogen) atoms. The number of amides is 2. The van der Waals surface area contributed by atoms with E-state index in [1.807, 2.05) is 0 Å². The number of carbonyl (C=O) groups excluding carboxylic acids is 2. The minimum absolute atomic E-state index is 0.0286. The standard InChI is InChI=1S/C13H11NO4/c1-2-5-10(13(17)18)14-11(15)8-6-3-4-7-9(8)12(14)16/h2-4,6-7,10H,1,5H2,(H,17,18)/t10-/m1/s1. The van der Waals surface area contributed by atoms with Gasteiger partial charge in [0.2, 0.25) is 0 Å². The first kappa shape index (κ1) is 12.0. The molecule has 0 aromatic heterocycles. The van der Waals surface area contributed by atoms with Crippen LogP contribution in [0.1, 0.15) is 27.1 Å². The van der Waals surface area contributed by atoms with Crippen molar-refractivity contribution in [1.82, 2.24) is 4.90 Å². The SMILES string of the molecule is C=CC[C@H](C(=O)O)N1C(=O)c2ccccc2C1=O. The van der Waals surface area contributed by atoms with Gasteiger partial charge in [-0.25, -0.2) is 4.79 Å². The molecular formula is C13H11NO4. The summed E-state index contributed by atoms with van der Waals surface area (Å²) in [5.41, 5.74) is 0.496. The second-order valence-corrected chi connectivity index (χ2v) is 3.90. The summed E-state index contributed by atoms with van der Waals surface area (Å²) < 4.78 is 0. The lowest BCUT2D eigenvalue weighted by atomic mass is 10.1. The summed E-state index contributed by atoms with van der Waals surface area (Å²) in [6.07, 6.45) is 1.41. The fraction of sp³-hybridized carbons (Fsp3) is 0.154. The molecule has 5 nitrogen and oxygen atoms in total. The maximum atomic E-state index is 12.0. The fourth-order valence-corrected chi connectivity index (χ4v) is 1.97. The third-order valence-corrected chi connectivity index (χ3v) is 2.81. The van der Waals surface area contributed by atoms with Gasteiger partial charge in [-0.05, 0) is 18.6 Å². The molecule has 1 aliphatic rings. The van der Waals surface area contributed by atoms with Crippen LogP contribution < -0.4 is 0 Å². The van der Waals surface area contributed by atoms with Gasteiger partial charge in [-0.15, -0.1) is 6.58 Å². The van der Waals surface area contributed by atoms with Gasteiger partial charge in [-0.2, -0.15) is 0 Å². The zero-order valence-corrected chi connectivity index (χ0v) is 9.50. The quantitative estimate of drug-likeness (QED) is 0.641. The van der Waals surface area contributed by atoms with E-state index >= 15 is 0 Å². The Kier molecular flexibility index (Phi) is 2.97. The normalized spacial score (nSPS) is 15.4. The molecule has 2 amide bonds. The monoisotopic (exact) mass is 245 g/mol. The Morgan fingerprint density at radius 3 is 2.17 bits per heavy atom. The lowest BCUT2D eigenvalue weighted by Gasteiger charge is -2.21. The van der Waals surface area contributed by atoms with Gasteiger partial charge < -0.3 is 5.11 Å². The van der Waals surface area contributed by atoms with E-state index in [2.05, 4.69) is 6.58 Å². The van der Waals surface area contributed by atoms with Crippen LogP contribution in [0, 0.1) is 0 Å². The van der Waals surface area contributed by atoms with E-state index in [0.717, 1.165) is 4.90 Å². The number of carboxylic acids is 1. The molecule has 2 rings (SSSR count). The third-order valence-electron chi connectivity index (χ3n) is 2.81. The van der Waals surface area contributed by atoms with Crippen molar-refractivity contribution in [3.05, 3.63) is 48.0 Å². The minimum Gasteiger partial charge on any atom is -0.480 e. The molecule has 5 heteroatoms. The smallest absolute Gasteiger partial charge is 0.327 e. The number of benzene rings is 1. The van der Waals surface area contributed by atoms with Crippen molar-refractivity contribution in [3.63, 3.8) is 0 Å². The van der Waals surface area contributed by atoms with Crippen LogP contribution in [0.3, 0.4) is 0 Å². The third kappa shape index (κ3) is 1.69. The van der Waals surface area contributed by atoms with Crippen LogP contribution in [-0.2, 0) is 4.79 Å². The first-order valence-electron chi connectivity index (χ1n) is 5.38. The minimum atomic E-state index is -1.22. The van der Waals surface area contributed by atoms with Crippen LogP contribution in [-0.4, -0.2) is 33.8 Å². The van der Waals surface area contributed by atoms with Crippen LogP contribution in [0.2, 0.25) is 0 Å². The first-order chi connectivity index (χ1) is 8.57. The van der Waals surface area contributed by atoms with Gasteiger partial charge in [-0.3, -0.25) is 14.5 Å². The maximum Gasteiger partial charge on any atom is 0.327 e. The van der Waals surface area contributed by atoms with Crippen LogP contribution in [0.4, 0.5) is 0 Å². The molecule has 92 valence electrons. The summed E-state index contributed by atoms with van der Waals surface area (Å²) in [6.45, 7) is 3.44. The van der Waals surface area contributed by atoms with Crippen LogP contribution in [0.5, 0.6) is 0 Å². The molecule has 1 atom stereocenters. The zero-order chi connectivity index (χ0) is 13.3. The van der Waals surface area contributed by atoms with E-state index < -0.39 is 23.8 Å². The van der Waals surface area contributed by atoms with Crippen molar-refractivity contribution in [2.24, 2.45) is 0 Å². The molecule has 0 saturated carbocycles. The largest absolute Gasteiger partial charge is 0.480 e. The van der Waals surface area contributed by atoms with Gasteiger partial charge in [0, 0.05) is 0 Å². The Hall–Kier alpha value is -2.43. The molecule has 0 radical (unpaired) electrons. The van der Waals surface area contributed by atoms with E-state index in [9.17, 15) is 14.4 Å². The molecule has 1 aliphatic heterocycles. The second-order valence-electron chi connectivity index (χ2n) is 3.90. The highest BCUT2D eigenvalue weighted by molar-refractivity contribution is 6.22. The van der Waals surface area contributed by atoms with Gasteiger partial charge >= 0.3 is 5.97 Å². The number of imide groups is 1. The number of hydrogen-bond acceptors (Lipinski definition) is 3. The lowest BCUT2D eigenvalue weighted by molar-refractivity contribution is -0.141. The summed E-state index contributed by atoms with van der Waals surface area (Å²) in [5.74, 6) is -2.35. The van der Waals surface area contributed by atoms with Crippen molar-refractivity contribution in [2.45, 2.75) is 12.5 Å². The average molecular weight is 245 g/mol. The van der Waals surface area contributed by atoms with E-state index in [4.69, 9.17) is 5.11 Å². The molecule has 0 unspecified atom stereocenters. The molecule has 1 aromatic carbocycles. The van der Waals surface area contributed by atoms with Crippen LogP contribution in [0.15, 0.2) is 36.9 Å². The number of aliphatic carboxylic acids is 1. The van der Waals surface area contributed by atoms with E-state index in [0.29, 0.717) is 0 Å². The number of carbonyl (C=O) groups is 3. The van der Waals surface area contributed by atoms with Crippen LogP contribution in [0.25, 0.3) is 0 Å². The molecule has 1 N–H and O–H groups in total. The maximum absolute atomic E-state index is 12.0. The molecule has 0 saturated heterocycles. The summed E-state index contributed by atoms with van der Waals surface area (Å²) in [6, 6.07) is 5.10. The average Bonchev–Trinajstić information content (AvgIpc) is 2.60. The van der Waals surface area contributed by atoms with Crippen molar-refractivity contribution >= 4 is 17.8 Å². The summed E-state index contributed by atoms with van der Waals surface area (Å²) >= 11 is 0. The Labute approximate surface area is 103 Å². The first-order valence-corrected chi connectivity index (χ1v) is 5.38. The van der Waals surface area contributed by atoms with Gasteiger partial charge in [0.25, 0.3) is 11.8 Å². The van der Waals surface area contributed by atoms with Crippen molar-refractivity contribution in [1.29, 1.82) is 0 Å². The van der Waals surface area contributed by atoms with E-state index in [1.54, 1.807) is 12.1 Å². The number of hydrogen-bond donors (Lipinski definition) is 1. The Morgan fingerprint density at radius 2 is 1.78 bits per heavy atom. The molecule has 0 spiro atoms. The Bertz CT molecular complexity index is 515. The fourth-order valence-electron chi connectivity index (χ4n) is 1.97. The highest BCUT2D eigenvalue weighted by atomic mass is 16.4. The highest BCUT2D eigenvalue weighted by Gasteiger charge is 2.42. The molecular weight excluding hydrogens is 234 g/mol. The second kappa shape index (κ2) is 4.44. The van der Waals surface area contributed by atoms with Crippen molar-refractivity contribution in [2.75, 3.05) is 0 Å². The summed E-state index contributed by atoms with van der Waals surface area (Å²) in [7, 11) is 0.